The number of carbonyl (C=O) groups excluding carboxylic acids is 2. The van der Waals surface area contributed by atoms with Gasteiger partial charge in [0.15, 0.2) is 0 Å². The number of ether oxygens (including phenoxy) is 1. The van der Waals surface area contributed by atoms with Crippen LogP contribution in [0.3, 0.4) is 0 Å². The molecule has 2 fully saturated rings. The molecule has 0 spiro atoms. The topological polar surface area (TPSA) is 110 Å². The average molecular weight is 564 g/mol. The van der Waals surface area contributed by atoms with E-state index in [1.807, 2.05) is 44.2 Å². The molecule has 1 N–H and O–H groups in total. The minimum absolute atomic E-state index is 0.149. The van der Waals surface area contributed by atoms with Gasteiger partial charge < -0.3 is 14.7 Å². The second-order valence-corrected chi connectivity index (χ2v) is 14.1. The molecule has 218 valence electrons. The Morgan fingerprint density at radius 1 is 1.05 bits per heavy atom. The Balaban J connectivity index is 1.73. The summed E-state index contributed by atoms with van der Waals surface area (Å²) in [6.07, 6.45) is 7.12. The zero-order valence-corrected chi connectivity index (χ0v) is 24.7. The number of aliphatic carboxylic acids is 1. The first kappa shape index (κ1) is 31.3. The smallest absolute Gasteiger partial charge is 0.326 e. The SMILES string of the molecule is CCC(=O)O[C@H](OP(=O)(CCCCc1ccccc1)CC(=O)N1C[C@H](C2CCCCC2)C[C@@H]1C(=O)O)C(C)C. The van der Waals surface area contributed by atoms with Gasteiger partial charge in [0.25, 0.3) is 0 Å². The Bertz CT molecular complexity index is 992. The monoisotopic (exact) mass is 563 g/mol. The van der Waals surface area contributed by atoms with Gasteiger partial charge in [-0.3, -0.25) is 18.7 Å². The number of carbonyl (C=O) groups is 3. The summed E-state index contributed by atoms with van der Waals surface area (Å²) in [6.45, 7) is 5.68. The number of likely N-dealkylation sites (tertiary alicyclic amines) is 1. The molecular formula is C30H46NO7P. The van der Waals surface area contributed by atoms with E-state index in [0.29, 0.717) is 25.3 Å². The van der Waals surface area contributed by atoms with Gasteiger partial charge in [-0.2, -0.15) is 0 Å². The number of carboxylic acid groups (broad SMARTS) is 1. The highest BCUT2D eigenvalue weighted by molar-refractivity contribution is 7.59. The highest BCUT2D eigenvalue weighted by atomic mass is 31.2. The van der Waals surface area contributed by atoms with Crippen molar-refractivity contribution in [2.24, 2.45) is 17.8 Å². The molecule has 1 heterocycles. The maximum absolute atomic E-state index is 14.2. The molecule has 1 aliphatic carbocycles. The Morgan fingerprint density at radius 3 is 2.36 bits per heavy atom. The van der Waals surface area contributed by atoms with Gasteiger partial charge in [0, 0.05) is 25.0 Å². The summed E-state index contributed by atoms with van der Waals surface area (Å²) in [7, 11) is -3.60. The molecule has 0 aromatic heterocycles. The number of hydrogen-bond donors (Lipinski definition) is 1. The lowest BCUT2D eigenvalue weighted by Gasteiger charge is -2.30. The number of esters is 1. The average Bonchev–Trinajstić information content (AvgIpc) is 3.38. The van der Waals surface area contributed by atoms with Crippen LogP contribution >= 0.6 is 7.37 Å². The van der Waals surface area contributed by atoms with Gasteiger partial charge in [0.1, 0.15) is 12.2 Å². The predicted octanol–water partition coefficient (Wildman–Crippen LogP) is 6.12. The Morgan fingerprint density at radius 2 is 1.74 bits per heavy atom. The molecule has 0 radical (unpaired) electrons. The predicted molar refractivity (Wildman–Crippen MR) is 151 cm³/mol. The molecule has 39 heavy (non-hydrogen) atoms. The van der Waals surface area contributed by atoms with E-state index >= 15 is 0 Å². The number of hydrogen-bond acceptors (Lipinski definition) is 6. The highest BCUT2D eigenvalue weighted by Gasteiger charge is 2.44. The van der Waals surface area contributed by atoms with Gasteiger partial charge in [-0.05, 0) is 43.1 Å². The van der Waals surface area contributed by atoms with E-state index in [0.717, 1.165) is 38.5 Å². The van der Waals surface area contributed by atoms with Crippen molar-refractivity contribution >= 4 is 25.2 Å². The quantitative estimate of drug-likeness (QED) is 0.126. The third-order valence-electron chi connectivity index (χ3n) is 8.07. The fourth-order valence-electron chi connectivity index (χ4n) is 5.80. The lowest BCUT2D eigenvalue weighted by Crippen LogP contribution is -2.42. The molecule has 0 bridgehead atoms. The van der Waals surface area contributed by atoms with Gasteiger partial charge in [0.05, 0.1) is 0 Å². The van der Waals surface area contributed by atoms with Crippen LogP contribution in [-0.4, -0.2) is 59.1 Å². The Kier molecular flexibility index (Phi) is 12.1. The lowest BCUT2D eigenvalue weighted by atomic mass is 9.79. The molecule has 9 heteroatoms. The molecule has 1 aromatic rings. The second kappa shape index (κ2) is 15.0. The first-order chi connectivity index (χ1) is 18.6. The van der Waals surface area contributed by atoms with Crippen LogP contribution in [0.1, 0.15) is 84.1 Å². The largest absolute Gasteiger partial charge is 0.480 e. The zero-order valence-electron chi connectivity index (χ0n) is 23.8. The summed E-state index contributed by atoms with van der Waals surface area (Å²) in [5.41, 5.74) is 1.18. The summed E-state index contributed by atoms with van der Waals surface area (Å²) in [6, 6.07) is 9.10. The standard InChI is InChI=1S/C30H46NO7P/c1-4-28(33)37-30(22(2)3)38-39(36,18-12-11-15-23-13-7-5-8-14-23)21-27(32)31-20-25(19-26(31)29(34)35)24-16-9-6-10-17-24/h5,7-8,13-14,22,24-26,30H,4,6,9-12,15-21H2,1-3H3,(H,34,35)/t25-,26-,30-,39?/m1/s1. The lowest BCUT2D eigenvalue weighted by molar-refractivity contribution is -0.169. The van der Waals surface area contributed by atoms with Crippen LogP contribution in [0.25, 0.3) is 0 Å². The van der Waals surface area contributed by atoms with E-state index in [2.05, 4.69) is 0 Å². The van der Waals surface area contributed by atoms with Gasteiger partial charge in [0.2, 0.25) is 19.6 Å². The van der Waals surface area contributed by atoms with Crippen LogP contribution < -0.4 is 0 Å². The number of benzene rings is 1. The third kappa shape index (κ3) is 9.46. The number of aryl methyl sites for hydroxylation is 1. The summed E-state index contributed by atoms with van der Waals surface area (Å²) in [4.78, 5) is 39.2. The molecule has 1 aliphatic heterocycles. The minimum atomic E-state index is -3.60. The van der Waals surface area contributed by atoms with E-state index in [9.17, 15) is 24.1 Å². The maximum Gasteiger partial charge on any atom is 0.326 e. The number of rotatable bonds is 14. The fraction of sp³-hybridized carbons (Fsp3) is 0.700. The molecular weight excluding hydrogens is 517 g/mol. The van der Waals surface area contributed by atoms with Crippen LogP contribution in [0.2, 0.25) is 0 Å². The van der Waals surface area contributed by atoms with E-state index < -0.39 is 37.5 Å². The molecule has 1 amide bonds. The first-order valence-corrected chi connectivity index (χ1v) is 16.6. The summed E-state index contributed by atoms with van der Waals surface area (Å²) < 4.78 is 25.7. The molecule has 8 nitrogen and oxygen atoms in total. The van der Waals surface area contributed by atoms with E-state index in [4.69, 9.17) is 9.26 Å². The van der Waals surface area contributed by atoms with Gasteiger partial charge in [-0.15, -0.1) is 0 Å². The number of carboxylic acids is 1. The van der Waals surface area contributed by atoms with Gasteiger partial charge in [-0.1, -0.05) is 83.2 Å². The zero-order chi connectivity index (χ0) is 28.4. The van der Waals surface area contributed by atoms with E-state index in [1.165, 1.54) is 16.9 Å². The molecule has 1 unspecified atom stereocenters. The van der Waals surface area contributed by atoms with Crippen LogP contribution in [-0.2, 0) is 34.6 Å². The van der Waals surface area contributed by atoms with Crippen LogP contribution in [0.5, 0.6) is 0 Å². The number of unbranched alkanes of at least 4 members (excludes halogenated alkanes) is 1. The number of nitrogens with zero attached hydrogens (tertiary/aromatic N) is 1. The van der Waals surface area contributed by atoms with Crippen molar-refractivity contribution in [2.75, 3.05) is 18.9 Å². The molecule has 4 atom stereocenters. The fourth-order valence-corrected chi connectivity index (χ4v) is 8.10. The maximum atomic E-state index is 14.2. The van der Waals surface area contributed by atoms with Crippen molar-refractivity contribution in [3.05, 3.63) is 35.9 Å². The third-order valence-corrected chi connectivity index (χ3v) is 10.4. The van der Waals surface area contributed by atoms with E-state index in [-0.39, 0.29) is 30.6 Å². The Hall–Kier alpha value is -2.18. The number of amides is 1. The summed E-state index contributed by atoms with van der Waals surface area (Å²) >= 11 is 0. The molecule has 1 aromatic carbocycles. The minimum Gasteiger partial charge on any atom is -0.480 e. The van der Waals surface area contributed by atoms with Crippen molar-refractivity contribution in [1.29, 1.82) is 0 Å². The molecule has 2 aliphatic rings. The molecule has 3 rings (SSSR count). The molecule has 1 saturated heterocycles. The normalized spacial score (nSPS) is 22.4. The van der Waals surface area contributed by atoms with Crippen LogP contribution in [0, 0.1) is 17.8 Å². The van der Waals surface area contributed by atoms with Crippen LogP contribution in [0.15, 0.2) is 30.3 Å². The van der Waals surface area contributed by atoms with Crippen molar-refractivity contribution in [3.8, 4) is 0 Å². The van der Waals surface area contributed by atoms with Crippen molar-refractivity contribution in [2.45, 2.75) is 97.3 Å². The van der Waals surface area contributed by atoms with Crippen LogP contribution in [0.4, 0.5) is 0 Å². The second-order valence-electron chi connectivity index (χ2n) is 11.5. The van der Waals surface area contributed by atoms with Crippen molar-refractivity contribution in [3.63, 3.8) is 0 Å². The van der Waals surface area contributed by atoms with Gasteiger partial charge >= 0.3 is 11.9 Å². The molecule has 1 saturated carbocycles. The van der Waals surface area contributed by atoms with Crippen molar-refractivity contribution < 1.29 is 33.3 Å². The summed E-state index contributed by atoms with van der Waals surface area (Å²) in [5, 5.41) is 9.92. The van der Waals surface area contributed by atoms with E-state index in [1.54, 1.807) is 6.92 Å². The highest BCUT2D eigenvalue weighted by Crippen LogP contribution is 2.51. The first-order valence-electron chi connectivity index (χ1n) is 14.6. The Labute approximate surface area is 233 Å². The van der Waals surface area contributed by atoms with Gasteiger partial charge in [-0.25, -0.2) is 4.79 Å². The van der Waals surface area contributed by atoms with Crippen molar-refractivity contribution in [1.82, 2.24) is 4.90 Å². The summed E-state index contributed by atoms with van der Waals surface area (Å²) in [5.74, 6) is -1.61.